The molecule has 0 aliphatic heterocycles. The van der Waals surface area contributed by atoms with E-state index in [1.54, 1.807) is 13.2 Å². The van der Waals surface area contributed by atoms with Crippen LogP contribution in [0, 0.1) is 0 Å². The van der Waals surface area contributed by atoms with Crippen molar-refractivity contribution in [3.8, 4) is 5.75 Å². The van der Waals surface area contributed by atoms with Gasteiger partial charge in [-0.25, -0.2) is 0 Å². The van der Waals surface area contributed by atoms with Crippen LogP contribution in [0.3, 0.4) is 0 Å². The molecule has 3 N–H and O–H groups in total. The lowest BCUT2D eigenvalue weighted by Gasteiger charge is -2.23. The summed E-state index contributed by atoms with van der Waals surface area (Å²) in [6.45, 7) is 0.303. The molecule has 2 rings (SSSR count). The molecule has 0 amide bonds. The second-order valence-corrected chi connectivity index (χ2v) is 5.94. The molecule has 0 heterocycles. The first-order valence-corrected chi connectivity index (χ1v) is 7.71. The molecule has 2 aromatic carbocycles. The second-order valence-electron chi connectivity index (χ2n) is 4.71. The van der Waals surface area contributed by atoms with Crippen molar-refractivity contribution in [1.29, 1.82) is 0 Å². The van der Waals surface area contributed by atoms with Crippen LogP contribution >= 0.6 is 27.5 Å². The summed E-state index contributed by atoms with van der Waals surface area (Å²) in [6.07, 6.45) is -0.785. The molecular formula is C16H17BrClNO2. The Kier molecular flexibility index (Phi) is 5.65. The molecule has 0 radical (unpaired) electrons. The largest absolute Gasteiger partial charge is 0.497 e. The highest BCUT2D eigenvalue weighted by molar-refractivity contribution is 9.10. The zero-order chi connectivity index (χ0) is 15.4. The van der Waals surface area contributed by atoms with Crippen molar-refractivity contribution in [3.63, 3.8) is 0 Å². The quantitative estimate of drug-likeness (QED) is 0.839. The zero-order valence-corrected chi connectivity index (χ0v) is 13.9. The summed E-state index contributed by atoms with van der Waals surface area (Å²) in [6, 6.07) is 13.0. The number of benzene rings is 2. The van der Waals surface area contributed by atoms with Crippen molar-refractivity contribution in [2.24, 2.45) is 5.73 Å². The fourth-order valence-electron chi connectivity index (χ4n) is 2.29. The molecule has 5 heteroatoms. The number of hydrogen-bond donors (Lipinski definition) is 2. The highest BCUT2D eigenvalue weighted by atomic mass is 79.9. The van der Waals surface area contributed by atoms with Gasteiger partial charge in [-0.1, -0.05) is 35.9 Å². The van der Waals surface area contributed by atoms with Crippen molar-refractivity contribution < 1.29 is 9.84 Å². The molecular weight excluding hydrogens is 354 g/mol. The Bertz CT molecular complexity index is 621. The molecule has 2 aromatic rings. The van der Waals surface area contributed by atoms with Gasteiger partial charge in [0.15, 0.2) is 0 Å². The predicted octanol–water partition coefficient (Wildman–Crippen LogP) is 3.89. The molecule has 21 heavy (non-hydrogen) atoms. The Morgan fingerprint density at radius 1 is 1.29 bits per heavy atom. The van der Waals surface area contributed by atoms with Crippen LogP contribution in [0.5, 0.6) is 5.75 Å². The van der Waals surface area contributed by atoms with E-state index in [1.807, 2.05) is 36.4 Å². The Labute approximate surface area is 137 Å². The molecule has 112 valence electrons. The molecule has 0 aliphatic rings. The maximum atomic E-state index is 10.7. The Morgan fingerprint density at radius 3 is 2.67 bits per heavy atom. The summed E-state index contributed by atoms with van der Waals surface area (Å²) in [5.41, 5.74) is 7.44. The fraction of sp³-hybridized carbons (Fsp3) is 0.250. The molecule has 0 saturated carbocycles. The van der Waals surface area contributed by atoms with Crippen LogP contribution in [0.15, 0.2) is 46.9 Å². The molecule has 0 bridgehead atoms. The number of hydrogen-bond acceptors (Lipinski definition) is 3. The monoisotopic (exact) mass is 369 g/mol. The highest BCUT2D eigenvalue weighted by Crippen LogP contribution is 2.37. The number of halogens is 2. The van der Waals surface area contributed by atoms with Gasteiger partial charge in [0.05, 0.1) is 18.2 Å². The van der Waals surface area contributed by atoms with Crippen LogP contribution in [0.4, 0.5) is 0 Å². The number of ether oxygens (including phenoxy) is 1. The Hall–Kier alpha value is -1.07. The first kappa shape index (κ1) is 16.3. The van der Waals surface area contributed by atoms with E-state index in [0.717, 1.165) is 15.8 Å². The van der Waals surface area contributed by atoms with E-state index in [9.17, 15) is 5.11 Å². The first-order valence-electron chi connectivity index (χ1n) is 6.54. The van der Waals surface area contributed by atoms with E-state index in [4.69, 9.17) is 22.1 Å². The summed E-state index contributed by atoms with van der Waals surface area (Å²) < 4.78 is 5.97. The summed E-state index contributed by atoms with van der Waals surface area (Å²) in [7, 11) is 1.61. The number of aliphatic hydroxyl groups excluding tert-OH is 1. The smallest absolute Gasteiger partial charge is 0.119 e. The molecule has 3 nitrogen and oxygen atoms in total. The maximum Gasteiger partial charge on any atom is 0.119 e. The minimum Gasteiger partial charge on any atom is -0.497 e. The summed E-state index contributed by atoms with van der Waals surface area (Å²) in [5.74, 6) is 0.477. The van der Waals surface area contributed by atoms with Gasteiger partial charge in [-0.3, -0.25) is 0 Å². The fourth-order valence-corrected chi connectivity index (χ4v) is 2.90. The molecule has 0 aliphatic carbocycles. The van der Waals surface area contributed by atoms with Crippen LogP contribution in [0.1, 0.15) is 23.1 Å². The van der Waals surface area contributed by atoms with E-state index in [-0.39, 0.29) is 5.92 Å². The van der Waals surface area contributed by atoms with Crippen molar-refractivity contribution in [3.05, 3.63) is 63.1 Å². The van der Waals surface area contributed by atoms with Gasteiger partial charge in [0, 0.05) is 22.5 Å². The molecule has 0 fully saturated rings. The summed E-state index contributed by atoms with van der Waals surface area (Å²) in [4.78, 5) is 0. The lowest BCUT2D eigenvalue weighted by molar-refractivity contribution is 0.147. The van der Waals surface area contributed by atoms with Gasteiger partial charge >= 0.3 is 0 Å². The topological polar surface area (TPSA) is 55.5 Å². The third kappa shape index (κ3) is 3.58. The molecule has 0 spiro atoms. The van der Waals surface area contributed by atoms with Crippen LogP contribution in [-0.4, -0.2) is 18.8 Å². The number of rotatable bonds is 5. The lowest BCUT2D eigenvalue weighted by atomic mass is 9.89. The van der Waals surface area contributed by atoms with Crippen molar-refractivity contribution in [1.82, 2.24) is 0 Å². The average molecular weight is 371 g/mol. The van der Waals surface area contributed by atoms with Crippen molar-refractivity contribution in [2.75, 3.05) is 13.7 Å². The lowest BCUT2D eigenvalue weighted by Crippen LogP contribution is -2.20. The van der Waals surface area contributed by atoms with Crippen molar-refractivity contribution >= 4 is 27.5 Å². The van der Waals surface area contributed by atoms with Crippen LogP contribution in [0.2, 0.25) is 5.02 Å². The average Bonchev–Trinajstić information content (AvgIpc) is 2.51. The summed E-state index contributed by atoms with van der Waals surface area (Å²) >= 11 is 9.63. The first-order chi connectivity index (χ1) is 10.1. The number of aliphatic hydroxyl groups is 1. The van der Waals surface area contributed by atoms with E-state index < -0.39 is 6.10 Å². The zero-order valence-electron chi connectivity index (χ0n) is 11.6. The normalized spacial score (nSPS) is 13.8. The SMILES string of the molecule is COc1cccc(C(CN)C(O)c2cccc(Br)c2Cl)c1. The predicted molar refractivity (Wildman–Crippen MR) is 88.9 cm³/mol. The van der Waals surface area contributed by atoms with Crippen molar-refractivity contribution in [2.45, 2.75) is 12.0 Å². The molecule has 2 atom stereocenters. The minimum atomic E-state index is -0.785. The third-order valence-corrected chi connectivity index (χ3v) is 4.77. The van der Waals surface area contributed by atoms with Gasteiger partial charge in [-0.05, 0) is 39.7 Å². The maximum absolute atomic E-state index is 10.7. The number of nitrogens with two attached hydrogens (primary N) is 1. The van der Waals surface area contributed by atoms with Gasteiger partial charge in [0.2, 0.25) is 0 Å². The second kappa shape index (κ2) is 7.27. The van der Waals surface area contributed by atoms with Gasteiger partial charge in [-0.2, -0.15) is 0 Å². The van der Waals surface area contributed by atoms with E-state index in [2.05, 4.69) is 15.9 Å². The minimum absolute atomic E-state index is 0.258. The highest BCUT2D eigenvalue weighted by Gasteiger charge is 2.24. The Balaban J connectivity index is 2.38. The molecule has 0 aromatic heterocycles. The molecule has 0 saturated heterocycles. The number of methoxy groups -OCH3 is 1. The van der Waals surface area contributed by atoms with E-state index >= 15 is 0 Å². The van der Waals surface area contributed by atoms with Crippen LogP contribution in [-0.2, 0) is 0 Å². The summed E-state index contributed by atoms with van der Waals surface area (Å²) in [5, 5.41) is 11.2. The van der Waals surface area contributed by atoms with E-state index in [0.29, 0.717) is 17.1 Å². The van der Waals surface area contributed by atoms with Gasteiger partial charge in [0.1, 0.15) is 5.75 Å². The standard InChI is InChI=1S/C16H17BrClNO2/c1-21-11-5-2-4-10(8-11)13(9-19)16(20)12-6-3-7-14(17)15(12)18/h2-8,13,16,20H,9,19H2,1H3. The van der Waals surface area contributed by atoms with E-state index in [1.165, 1.54) is 0 Å². The van der Waals surface area contributed by atoms with Crippen LogP contribution < -0.4 is 10.5 Å². The van der Waals surface area contributed by atoms with Crippen LogP contribution in [0.25, 0.3) is 0 Å². The van der Waals surface area contributed by atoms with Gasteiger partial charge in [0.25, 0.3) is 0 Å². The third-order valence-electron chi connectivity index (χ3n) is 3.46. The van der Waals surface area contributed by atoms with Gasteiger partial charge in [-0.15, -0.1) is 0 Å². The Morgan fingerprint density at radius 2 is 2.00 bits per heavy atom. The van der Waals surface area contributed by atoms with Gasteiger partial charge < -0.3 is 15.6 Å². The molecule has 2 unspecified atom stereocenters.